The number of hydrogen-bond acceptors (Lipinski definition) is 6. The van der Waals surface area contributed by atoms with Crippen LogP contribution in [0.3, 0.4) is 0 Å². The van der Waals surface area contributed by atoms with E-state index in [9.17, 15) is 14.4 Å². The van der Waals surface area contributed by atoms with Crippen molar-refractivity contribution < 1.29 is 19.1 Å². The lowest BCUT2D eigenvalue weighted by Gasteiger charge is -2.13. The molecule has 0 fully saturated rings. The van der Waals surface area contributed by atoms with E-state index in [2.05, 4.69) is 5.32 Å². The van der Waals surface area contributed by atoms with Gasteiger partial charge in [0.2, 0.25) is 0 Å². The van der Waals surface area contributed by atoms with Gasteiger partial charge < -0.3 is 9.64 Å². The van der Waals surface area contributed by atoms with Crippen molar-refractivity contribution in [3.8, 4) is 0 Å². The van der Waals surface area contributed by atoms with Gasteiger partial charge in [0.25, 0.3) is 11.8 Å². The molecule has 0 saturated heterocycles. The SMILES string of the molecule is CN(C)c1cccc(C(=O)OCC(=O)NC(=O)c2cccs2)c1. The molecule has 0 aliphatic carbocycles. The minimum Gasteiger partial charge on any atom is -0.452 e. The molecule has 1 heterocycles. The topological polar surface area (TPSA) is 75.7 Å². The van der Waals surface area contributed by atoms with Crippen LogP contribution in [-0.4, -0.2) is 38.5 Å². The monoisotopic (exact) mass is 332 g/mol. The fourth-order valence-electron chi connectivity index (χ4n) is 1.76. The fourth-order valence-corrected chi connectivity index (χ4v) is 2.38. The maximum absolute atomic E-state index is 11.9. The Morgan fingerprint density at radius 2 is 1.96 bits per heavy atom. The van der Waals surface area contributed by atoms with Crippen molar-refractivity contribution in [3.63, 3.8) is 0 Å². The molecular formula is C16H16N2O4S. The van der Waals surface area contributed by atoms with Gasteiger partial charge in [0.1, 0.15) is 0 Å². The first-order chi connectivity index (χ1) is 11.0. The van der Waals surface area contributed by atoms with Gasteiger partial charge in [0.15, 0.2) is 6.61 Å². The summed E-state index contributed by atoms with van der Waals surface area (Å²) in [5.41, 5.74) is 1.19. The third-order valence-electron chi connectivity index (χ3n) is 2.93. The Kier molecular flexibility index (Phi) is 5.48. The number of nitrogens with one attached hydrogen (secondary N) is 1. The number of rotatable bonds is 5. The number of benzene rings is 1. The average Bonchev–Trinajstić information content (AvgIpc) is 3.07. The van der Waals surface area contributed by atoms with Crippen molar-refractivity contribution in [1.82, 2.24) is 5.32 Å². The second-order valence-electron chi connectivity index (χ2n) is 4.88. The number of hydrogen-bond donors (Lipinski definition) is 1. The normalized spacial score (nSPS) is 10.0. The molecule has 1 N–H and O–H groups in total. The highest BCUT2D eigenvalue weighted by Gasteiger charge is 2.14. The van der Waals surface area contributed by atoms with Crippen molar-refractivity contribution in [2.45, 2.75) is 0 Å². The summed E-state index contributed by atoms with van der Waals surface area (Å²) < 4.78 is 4.92. The Morgan fingerprint density at radius 1 is 1.17 bits per heavy atom. The maximum Gasteiger partial charge on any atom is 0.338 e. The van der Waals surface area contributed by atoms with Crippen molar-refractivity contribution >= 4 is 34.8 Å². The molecule has 23 heavy (non-hydrogen) atoms. The van der Waals surface area contributed by atoms with Crippen LogP contribution in [0.2, 0.25) is 0 Å². The summed E-state index contributed by atoms with van der Waals surface area (Å²) in [5.74, 6) is -1.79. The predicted octanol–water partition coefficient (Wildman–Crippen LogP) is 1.93. The number of ether oxygens (including phenoxy) is 1. The van der Waals surface area contributed by atoms with Crippen LogP contribution in [0.15, 0.2) is 41.8 Å². The van der Waals surface area contributed by atoms with E-state index in [1.54, 1.807) is 35.7 Å². The zero-order valence-electron chi connectivity index (χ0n) is 12.7. The molecule has 0 bridgehead atoms. The Hall–Kier alpha value is -2.67. The molecule has 0 saturated carbocycles. The van der Waals surface area contributed by atoms with Gasteiger partial charge in [-0.2, -0.15) is 0 Å². The first kappa shape index (κ1) is 16.7. The van der Waals surface area contributed by atoms with Crippen molar-refractivity contribution in [3.05, 3.63) is 52.2 Å². The second kappa shape index (κ2) is 7.55. The van der Waals surface area contributed by atoms with Gasteiger partial charge >= 0.3 is 5.97 Å². The van der Waals surface area contributed by atoms with E-state index in [0.717, 1.165) is 5.69 Å². The third-order valence-corrected chi connectivity index (χ3v) is 3.80. The molecule has 0 aliphatic heterocycles. The molecule has 7 heteroatoms. The summed E-state index contributed by atoms with van der Waals surface area (Å²) in [6.45, 7) is -0.512. The van der Waals surface area contributed by atoms with Crippen molar-refractivity contribution in [1.29, 1.82) is 0 Å². The second-order valence-corrected chi connectivity index (χ2v) is 5.82. The molecule has 2 aromatic rings. The van der Waals surface area contributed by atoms with Gasteiger partial charge in [0, 0.05) is 19.8 Å². The summed E-state index contributed by atoms with van der Waals surface area (Å²) in [4.78, 5) is 37.5. The van der Waals surface area contributed by atoms with E-state index >= 15 is 0 Å². The first-order valence-electron chi connectivity index (χ1n) is 6.79. The number of nitrogens with zero attached hydrogens (tertiary/aromatic N) is 1. The van der Waals surface area contributed by atoms with Crippen LogP contribution >= 0.6 is 11.3 Å². The lowest BCUT2D eigenvalue weighted by atomic mass is 10.2. The third kappa shape index (κ3) is 4.65. The van der Waals surface area contributed by atoms with E-state index in [0.29, 0.717) is 10.4 Å². The fraction of sp³-hybridized carbons (Fsp3) is 0.188. The summed E-state index contributed by atoms with van der Waals surface area (Å²) in [6, 6.07) is 10.2. The van der Waals surface area contributed by atoms with Gasteiger partial charge in [0.05, 0.1) is 10.4 Å². The molecule has 0 aliphatic rings. The number of imide groups is 1. The minimum atomic E-state index is -0.666. The zero-order valence-corrected chi connectivity index (χ0v) is 13.6. The number of esters is 1. The Balaban J connectivity index is 1.87. The molecule has 0 spiro atoms. The highest BCUT2D eigenvalue weighted by atomic mass is 32.1. The highest BCUT2D eigenvalue weighted by molar-refractivity contribution is 7.12. The summed E-state index contributed by atoms with van der Waals surface area (Å²) in [5, 5.41) is 3.90. The molecule has 120 valence electrons. The predicted molar refractivity (Wildman–Crippen MR) is 87.8 cm³/mol. The van der Waals surface area contributed by atoms with Crippen LogP contribution in [0.4, 0.5) is 5.69 Å². The minimum absolute atomic E-state index is 0.341. The average molecular weight is 332 g/mol. The van der Waals surface area contributed by atoms with Gasteiger partial charge in [-0.15, -0.1) is 11.3 Å². The Bertz CT molecular complexity index is 711. The number of thiophene rings is 1. The maximum atomic E-state index is 11.9. The molecule has 0 radical (unpaired) electrons. The Morgan fingerprint density at radius 3 is 2.61 bits per heavy atom. The molecule has 2 rings (SSSR count). The lowest BCUT2D eigenvalue weighted by molar-refractivity contribution is -0.123. The van der Waals surface area contributed by atoms with Gasteiger partial charge in [-0.25, -0.2) is 4.79 Å². The van der Waals surface area contributed by atoms with Gasteiger partial charge in [-0.3, -0.25) is 14.9 Å². The van der Waals surface area contributed by atoms with Crippen LogP contribution < -0.4 is 10.2 Å². The van der Waals surface area contributed by atoms with E-state index in [1.807, 2.05) is 25.1 Å². The van der Waals surface area contributed by atoms with Gasteiger partial charge in [-0.05, 0) is 29.6 Å². The van der Waals surface area contributed by atoms with E-state index in [1.165, 1.54) is 11.3 Å². The molecule has 1 aromatic carbocycles. The smallest absolute Gasteiger partial charge is 0.338 e. The number of carbonyl (C=O) groups is 3. The molecule has 0 atom stereocenters. The van der Waals surface area contributed by atoms with Gasteiger partial charge in [-0.1, -0.05) is 12.1 Å². The van der Waals surface area contributed by atoms with Crippen molar-refractivity contribution in [2.75, 3.05) is 25.6 Å². The Labute approximate surface area is 137 Å². The number of anilines is 1. The van der Waals surface area contributed by atoms with E-state index in [-0.39, 0.29) is 0 Å². The van der Waals surface area contributed by atoms with Crippen LogP contribution in [0.1, 0.15) is 20.0 Å². The summed E-state index contributed by atoms with van der Waals surface area (Å²) >= 11 is 1.22. The van der Waals surface area contributed by atoms with Crippen LogP contribution in [0.5, 0.6) is 0 Å². The molecule has 0 unspecified atom stereocenters. The van der Waals surface area contributed by atoms with E-state index < -0.39 is 24.4 Å². The summed E-state index contributed by atoms with van der Waals surface area (Å²) in [7, 11) is 3.71. The molecule has 1 aromatic heterocycles. The highest BCUT2D eigenvalue weighted by Crippen LogP contribution is 2.14. The lowest BCUT2D eigenvalue weighted by Crippen LogP contribution is -2.33. The number of carbonyl (C=O) groups excluding carboxylic acids is 3. The zero-order chi connectivity index (χ0) is 16.8. The van der Waals surface area contributed by atoms with E-state index in [4.69, 9.17) is 4.74 Å². The largest absolute Gasteiger partial charge is 0.452 e. The molecular weight excluding hydrogens is 316 g/mol. The molecule has 2 amide bonds. The van der Waals surface area contributed by atoms with Crippen LogP contribution in [-0.2, 0) is 9.53 Å². The van der Waals surface area contributed by atoms with Crippen LogP contribution in [0.25, 0.3) is 0 Å². The standard InChI is InChI=1S/C16H16N2O4S/c1-18(2)12-6-3-5-11(9-12)16(21)22-10-14(19)17-15(20)13-7-4-8-23-13/h3-9H,10H2,1-2H3,(H,17,19,20). The van der Waals surface area contributed by atoms with Crippen molar-refractivity contribution in [2.24, 2.45) is 0 Å². The number of amides is 2. The first-order valence-corrected chi connectivity index (χ1v) is 7.67. The summed E-state index contributed by atoms with van der Waals surface area (Å²) in [6.07, 6.45) is 0. The molecule has 6 nitrogen and oxygen atoms in total. The quantitative estimate of drug-likeness (QED) is 0.847. The van der Waals surface area contributed by atoms with Crippen LogP contribution in [0, 0.1) is 0 Å².